The Labute approximate surface area is 118 Å². The molecule has 0 aliphatic carbocycles. The summed E-state index contributed by atoms with van der Waals surface area (Å²) in [5.74, 6) is 0. The molecule has 2 aromatic rings. The lowest BCUT2D eigenvalue weighted by Gasteiger charge is -2.32. The minimum atomic E-state index is 0.120. The lowest BCUT2D eigenvalue weighted by Crippen LogP contribution is -2.40. The van der Waals surface area contributed by atoms with Gasteiger partial charge in [-0.15, -0.1) is 0 Å². The number of benzene rings is 1. The Hall–Kier alpha value is -1.43. The molecule has 0 bridgehead atoms. The van der Waals surface area contributed by atoms with E-state index < -0.39 is 0 Å². The fourth-order valence-electron chi connectivity index (χ4n) is 3.13. The maximum absolute atomic E-state index is 6.03. The third-order valence-corrected chi connectivity index (χ3v) is 4.14. The van der Waals surface area contributed by atoms with Crippen molar-refractivity contribution in [1.82, 2.24) is 14.7 Å². The molecule has 0 N–H and O–H groups in total. The van der Waals surface area contributed by atoms with Crippen LogP contribution in [-0.4, -0.2) is 54.1 Å². The van der Waals surface area contributed by atoms with E-state index in [2.05, 4.69) is 27.8 Å². The largest absolute Gasteiger partial charge is 0.379 e. The standard InChI is InChI=1S/C15H19N3O2/c1-2-4-13-12(3-1)15-14(20-10-7-18(15)16-13)11-17-5-8-19-9-6-17/h1-4,14H,5-11H2. The topological polar surface area (TPSA) is 39.5 Å². The van der Waals surface area contributed by atoms with E-state index in [9.17, 15) is 0 Å². The Kier molecular flexibility index (Phi) is 3.18. The molecule has 4 rings (SSSR count). The van der Waals surface area contributed by atoms with Gasteiger partial charge in [-0.05, 0) is 6.07 Å². The fourth-order valence-corrected chi connectivity index (χ4v) is 3.13. The van der Waals surface area contributed by atoms with Gasteiger partial charge in [-0.1, -0.05) is 18.2 Å². The number of ether oxygens (including phenoxy) is 2. The Bertz CT molecular complexity index is 604. The van der Waals surface area contributed by atoms with Gasteiger partial charge in [-0.2, -0.15) is 5.10 Å². The van der Waals surface area contributed by atoms with Crippen LogP contribution in [0.5, 0.6) is 0 Å². The van der Waals surface area contributed by atoms with Crippen molar-refractivity contribution in [1.29, 1.82) is 0 Å². The van der Waals surface area contributed by atoms with Crippen molar-refractivity contribution in [2.75, 3.05) is 39.5 Å². The van der Waals surface area contributed by atoms with Gasteiger partial charge in [0.15, 0.2) is 0 Å². The van der Waals surface area contributed by atoms with E-state index in [1.807, 2.05) is 6.07 Å². The molecule has 3 heterocycles. The molecule has 1 aromatic carbocycles. The molecule has 0 spiro atoms. The van der Waals surface area contributed by atoms with Crippen molar-refractivity contribution in [3.8, 4) is 0 Å². The molecule has 5 heteroatoms. The summed E-state index contributed by atoms with van der Waals surface area (Å²) in [4.78, 5) is 2.42. The summed E-state index contributed by atoms with van der Waals surface area (Å²) in [6.07, 6.45) is 0.120. The molecule has 5 nitrogen and oxygen atoms in total. The Morgan fingerprint density at radius 3 is 2.85 bits per heavy atom. The van der Waals surface area contributed by atoms with Crippen LogP contribution < -0.4 is 0 Å². The van der Waals surface area contributed by atoms with Crippen molar-refractivity contribution in [2.45, 2.75) is 12.6 Å². The van der Waals surface area contributed by atoms with Crippen LogP contribution >= 0.6 is 0 Å². The van der Waals surface area contributed by atoms with Gasteiger partial charge in [-0.25, -0.2) is 0 Å². The van der Waals surface area contributed by atoms with Gasteiger partial charge in [0.25, 0.3) is 0 Å². The SMILES string of the molecule is c1ccc2c3n(nc2c1)CCOC3CN1CCOCC1. The van der Waals surface area contributed by atoms with E-state index in [1.165, 1.54) is 11.1 Å². The van der Waals surface area contributed by atoms with Crippen molar-refractivity contribution < 1.29 is 9.47 Å². The lowest BCUT2D eigenvalue weighted by atomic mass is 10.1. The normalized spacial score (nSPS) is 23.9. The van der Waals surface area contributed by atoms with Crippen molar-refractivity contribution >= 4 is 10.9 Å². The molecule has 0 saturated carbocycles. The second-order valence-electron chi connectivity index (χ2n) is 5.40. The first-order chi connectivity index (χ1) is 9.92. The van der Waals surface area contributed by atoms with Gasteiger partial charge in [0.2, 0.25) is 0 Å². The van der Waals surface area contributed by atoms with Gasteiger partial charge >= 0.3 is 0 Å². The van der Waals surface area contributed by atoms with Gasteiger partial charge in [-0.3, -0.25) is 9.58 Å². The smallest absolute Gasteiger partial charge is 0.112 e. The number of hydrogen-bond acceptors (Lipinski definition) is 4. The van der Waals surface area contributed by atoms with E-state index in [-0.39, 0.29) is 6.10 Å². The van der Waals surface area contributed by atoms with Crippen LogP contribution in [0.2, 0.25) is 0 Å². The molecular formula is C15H19N3O2. The van der Waals surface area contributed by atoms with Crippen LogP contribution in [0.3, 0.4) is 0 Å². The summed E-state index contributed by atoms with van der Waals surface area (Å²) in [7, 11) is 0. The summed E-state index contributed by atoms with van der Waals surface area (Å²) in [5.41, 5.74) is 2.30. The van der Waals surface area contributed by atoms with Gasteiger partial charge in [0.05, 0.1) is 37.6 Å². The second kappa shape index (κ2) is 5.16. The number of fused-ring (bicyclic) bond motifs is 3. The second-order valence-corrected chi connectivity index (χ2v) is 5.40. The summed E-state index contributed by atoms with van der Waals surface area (Å²) >= 11 is 0. The average molecular weight is 273 g/mol. The first-order valence-corrected chi connectivity index (χ1v) is 7.29. The Balaban J connectivity index is 1.66. The van der Waals surface area contributed by atoms with Crippen LogP contribution in [0.4, 0.5) is 0 Å². The number of nitrogens with zero attached hydrogens (tertiary/aromatic N) is 3. The lowest BCUT2D eigenvalue weighted by molar-refractivity contribution is -0.0299. The van der Waals surface area contributed by atoms with Crippen LogP contribution in [-0.2, 0) is 16.0 Å². The van der Waals surface area contributed by atoms with Gasteiger partial charge in [0.1, 0.15) is 6.10 Å². The molecule has 2 aliphatic heterocycles. The van der Waals surface area contributed by atoms with E-state index in [1.54, 1.807) is 0 Å². The monoisotopic (exact) mass is 273 g/mol. The highest BCUT2D eigenvalue weighted by Gasteiger charge is 2.27. The summed E-state index contributed by atoms with van der Waals surface area (Å²) in [6, 6.07) is 8.34. The molecular weight excluding hydrogens is 254 g/mol. The minimum absolute atomic E-state index is 0.120. The third-order valence-electron chi connectivity index (χ3n) is 4.14. The summed E-state index contributed by atoms with van der Waals surface area (Å²) in [6.45, 7) is 6.16. The maximum Gasteiger partial charge on any atom is 0.112 e. The van der Waals surface area contributed by atoms with Crippen molar-refractivity contribution in [2.24, 2.45) is 0 Å². The molecule has 1 fully saturated rings. The van der Waals surface area contributed by atoms with Crippen molar-refractivity contribution in [3.63, 3.8) is 0 Å². The molecule has 1 aromatic heterocycles. The summed E-state index contributed by atoms with van der Waals surface area (Å²) in [5, 5.41) is 5.92. The quantitative estimate of drug-likeness (QED) is 0.830. The van der Waals surface area contributed by atoms with Crippen LogP contribution in [0.15, 0.2) is 24.3 Å². The van der Waals surface area contributed by atoms with Crippen LogP contribution in [0.1, 0.15) is 11.8 Å². The highest BCUT2D eigenvalue weighted by atomic mass is 16.5. The van der Waals surface area contributed by atoms with Gasteiger partial charge in [0, 0.05) is 25.0 Å². The third kappa shape index (κ3) is 2.12. The zero-order chi connectivity index (χ0) is 13.4. The van der Waals surface area contributed by atoms with E-state index >= 15 is 0 Å². The van der Waals surface area contributed by atoms with Crippen LogP contribution in [0, 0.1) is 0 Å². The van der Waals surface area contributed by atoms with Crippen molar-refractivity contribution in [3.05, 3.63) is 30.0 Å². The van der Waals surface area contributed by atoms with Crippen LogP contribution in [0.25, 0.3) is 10.9 Å². The highest BCUT2D eigenvalue weighted by molar-refractivity contribution is 5.82. The molecule has 106 valence electrons. The molecule has 1 unspecified atom stereocenters. The molecule has 0 radical (unpaired) electrons. The average Bonchev–Trinajstić information content (AvgIpc) is 2.88. The number of hydrogen-bond donors (Lipinski definition) is 0. The molecule has 1 atom stereocenters. The fraction of sp³-hybridized carbons (Fsp3) is 0.533. The minimum Gasteiger partial charge on any atom is -0.379 e. The zero-order valence-electron chi connectivity index (χ0n) is 11.5. The Morgan fingerprint density at radius 1 is 1.10 bits per heavy atom. The first kappa shape index (κ1) is 12.3. The number of rotatable bonds is 2. The van der Waals surface area contributed by atoms with E-state index in [0.717, 1.165) is 51.5 Å². The Morgan fingerprint density at radius 2 is 1.95 bits per heavy atom. The highest BCUT2D eigenvalue weighted by Crippen LogP contribution is 2.30. The zero-order valence-corrected chi connectivity index (χ0v) is 11.5. The molecule has 20 heavy (non-hydrogen) atoms. The molecule has 2 aliphatic rings. The number of morpholine rings is 1. The maximum atomic E-state index is 6.03. The predicted octanol–water partition coefficient (Wildman–Crippen LogP) is 1.44. The molecule has 1 saturated heterocycles. The summed E-state index contributed by atoms with van der Waals surface area (Å²) < 4.78 is 13.6. The van der Waals surface area contributed by atoms with E-state index in [4.69, 9.17) is 14.6 Å². The van der Waals surface area contributed by atoms with E-state index in [0.29, 0.717) is 0 Å². The number of aromatic nitrogens is 2. The first-order valence-electron chi connectivity index (χ1n) is 7.29. The molecule has 0 amide bonds. The van der Waals surface area contributed by atoms with Gasteiger partial charge < -0.3 is 9.47 Å². The predicted molar refractivity (Wildman–Crippen MR) is 75.7 cm³/mol.